The lowest BCUT2D eigenvalue weighted by Gasteiger charge is -2.01. The molecule has 5 heteroatoms. The zero-order chi connectivity index (χ0) is 10.8. The molecule has 0 aromatic carbocycles. The van der Waals surface area contributed by atoms with E-state index in [0.717, 1.165) is 15.0 Å². The minimum atomic E-state index is 0.196. The summed E-state index contributed by atoms with van der Waals surface area (Å²) in [6, 6.07) is 3.73. The van der Waals surface area contributed by atoms with Crippen LogP contribution in [0.4, 0.5) is 0 Å². The van der Waals surface area contributed by atoms with Crippen molar-refractivity contribution in [2.75, 3.05) is 6.54 Å². The van der Waals surface area contributed by atoms with Crippen LogP contribution in [-0.2, 0) is 0 Å². The van der Waals surface area contributed by atoms with E-state index in [-0.39, 0.29) is 5.92 Å². The molecule has 0 spiro atoms. The summed E-state index contributed by atoms with van der Waals surface area (Å²) in [5, 5.41) is 0. The highest BCUT2D eigenvalue weighted by molar-refractivity contribution is 7.19. The summed E-state index contributed by atoms with van der Waals surface area (Å²) in [5.41, 5.74) is 5.55. The Balaban J connectivity index is 2.27. The molecule has 2 rings (SSSR count). The van der Waals surface area contributed by atoms with Gasteiger partial charge in [-0.05, 0) is 12.1 Å². The molecule has 0 aliphatic heterocycles. The standard InChI is InChI=1S/C10H11ClN2OS/c1-6(4-12)7-5-13-10(14-7)8-2-3-9(11)15-8/h2-3,5-6H,4,12H2,1H3. The third-order valence-electron chi connectivity index (χ3n) is 2.15. The van der Waals surface area contributed by atoms with Gasteiger partial charge in [0.2, 0.25) is 5.89 Å². The molecule has 0 radical (unpaired) electrons. The van der Waals surface area contributed by atoms with Crippen molar-refractivity contribution in [3.05, 3.63) is 28.4 Å². The molecule has 1 atom stereocenters. The zero-order valence-corrected chi connectivity index (χ0v) is 9.81. The number of nitrogens with two attached hydrogens (primary N) is 1. The highest BCUT2D eigenvalue weighted by atomic mass is 35.5. The van der Waals surface area contributed by atoms with Crippen molar-refractivity contribution >= 4 is 22.9 Å². The Kier molecular flexibility index (Phi) is 3.09. The summed E-state index contributed by atoms with van der Waals surface area (Å²) in [4.78, 5) is 5.14. The highest BCUT2D eigenvalue weighted by Gasteiger charge is 2.12. The maximum atomic E-state index is 5.84. The van der Waals surface area contributed by atoms with E-state index >= 15 is 0 Å². The van der Waals surface area contributed by atoms with Gasteiger partial charge in [0, 0.05) is 12.5 Å². The Morgan fingerprint density at radius 2 is 2.40 bits per heavy atom. The number of hydrogen-bond acceptors (Lipinski definition) is 4. The van der Waals surface area contributed by atoms with Gasteiger partial charge in [0.15, 0.2) is 0 Å². The number of nitrogens with zero attached hydrogens (tertiary/aromatic N) is 1. The van der Waals surface area contributed by atoms with Gasteiger partial charge in [0.1, 0.15) is 5.76 Å². The summed E-state index contributed by atoms with van der Waals surface area (Å²) >= 11 is 7.29. The lowest BCUT2D eigenvalue weighted by molar-refractivity contribution is 0.486. The average molecular weight is 243 g/mol. The monoisotopic (exact) mass is 242 g/mol. The van der Waals surface area contributed by atoms with Crippen molar-refractivity contribution < 1.29 is 4.42 Å². The van der Waals surface area contributed by atoms with Crippen LogP contribution in [0.15, 0.2) is 22.7 Å². The first-order chi connectivity index (χ1) is 7.20. The summed E-state index contributed by atoms with van der Waals surface area (Å²) in [6.45, 7) is 2.56. The van der Waals surface area contributed by atoms with E-state index in [1.807, 2.05) is 19.1 Å². The Morgan fingerprint density at radius 3 is 3.00 bits per heavy atom. The van der Waals surface area contributed by atoms with Crippen molar-refractivity contribution in [3.8, 4) is 10.8 Å². The molecule has 2 aromatic heterocycles. The third-order valence-corrected chi connectivity index (χ3v) is 3.37. The fourth-order valence-electron chi connectivity index (χ4n) is 1.17. The maximum Gasteiger partial charge on any atom is 0.236 e. The minimum Gasteiger partial charge on any atom is -0.440 e. The van der Waals surface area contributed by atoms with Gasteiger partial charge in [0.25, 0.3) is 0 Å². The molecule has 2 aromatic rings. The Hall–Kier alpha value is -0.840. The second-order valence-electron chi connectivity index (χ2n) is 3.31. The van der Waals surface area contributed by atoms with Crippen LogP contribution >= 0.6 is 22.9 Å². The molecule has 3 nitrogen and oxygen atoms in total. The molecule has 0 amide bonds. The van der Waals surface area contributed by atoms with Crippen molar-refractivity contribution in [3.63, 3.8) is 0 Å². The largest absolute Gasteiger partial charge is 0.440 e. The van der Waals surface area contributed by atoms with Crippen molar-refractivity contribution in [2.45, 2.75) is 12.8 Å². The summed E-state index contributed by atoms with van der Waals surface area (Å²) in [6.07, 6.45) is 1.72. The topological polar surface area (TPSA) is 52.0 Å². The molecule has 0 aliphatic rings. The van der Waals surface area contributed by atoms with E-state index in [2.05, 4.69) is 4.98 Å². The first-order valence-electron chi connectivity index (χ1n) is 4.62. The van der Waals surface area contributed by atoms with Crippen molar-refractivity contribution in [1.82, 2.24) is 4.98 Å². The number of halogens is 1. The Morgan fingerprint density at radius 1 is 1.60 bits per heavy atom. The van der Waals surface area contributed by atoms with E-state index in [9.17, 15) is 0 Å². The molecular formula is C10H11ClN2OS. The van der Waals surface area contributed by atoms with Crippen molar-refractivity contribution in [1.29, 1.82) is 0 Å². The number of aromatic nitrogens is 1. The highest BCUT2D eigenvalue weighted by Crippen LogP contribution is 2.31. The molecule has 0 bridgehead atoms. The zero-order valence-electron chi connectivity index (χ0n) is 8.24. The molecule has 1 unspecified atom stereocenters. The molecule has 2 heterocycles. The van der Waals surface area contributed by atoms with E-state index in [1.165, 1.54) is 11.3 Å². The fraction of sp³-hybridized carbons (Fsp3) is 0.300. The third kappa shape index (κ3) is 2.22. The molecule has 0 saturated carbocycles. The molecule has 0 saturated heterocycles. The van der Waals surface area contributed by atoms with Gasteiger partial charge in [-0.25, -0.2) is 4.98 Å². The van der Waals surface area contributed by atoms with Crippen molar-refractivity contribution in [2.24, 2.45) is 5.73 Å². The lowest BCUT2D eigenvalue weighted by atomic mass is 10.1. The van der Waals surface area contributed by atoms with E-state index in [1.54, 1.807) is 6.20 Å². The number of thiophene rings is 1. The normalized spacial score (nSPS) is 13.0. The van der Waals surface area contributed by atoms with Crippen LogP contribution in [0.1, 0.15) is 18.6 Å². The number of rotatable bonds is 3. The van der Waals surface area contributed by atoms with E-state index in [4.69, 9.17) is 21.8 Å². The summed E-state index contributed by atoms with van der Waals surface area (Å²) < 4.78 is 6.33. The number of hydrogen-bond donors (Lipinski definition) is 1. The predicted molar refractivity (Wildman–Crippen MR) is 62.3 cm³/mol. The van der Waals surface area contributed by atoms with Gasteiger partial charge in [-0.1, -0.05) is 18.5 Å². The van der Waals surface area contributed by atoms with E-state index in [0.29, 0.717) is 12.4 Å². The van der Waals surface area contributed by atoms with Crippen LogP contribution < -0.4 is 5.73 Å². The maximum absolute atomic E-state index is 5.84. The predicted octanol–water partition coefficient (Wildman–Crippen LogP) is 3.12. The van der Waals surface area contributed by atoms with Crippen LogP contribution in [0.25, 0.3) is 10.8 Å². The van der Waals surface area contributed by atoms with Crippen LogP contribution in [0, 0.1) is 0 Å². The lowest BCUT2D eigenvalue weighted by Crippen LogP contribution is -2.07. The van der Waals surface area contributed by atoms with Gasteiger partial charge in [-0.2, -0.15) is 0 Å². The van der Waals surface area contributed by atoms with Crippen LogP contribution in [-0.4, -0.2) is 11.5 Å². The molecule has 0 aliphatic carbocycles. The van der Waals surface area contributed by atoms with Gasteiger partial charge in [0.05, 0.1) is 15.4 Å². The van der Waals surface area contributed by atoms with Crippen LogP contribution in [0.2, 0.25) is 4.34 Å². The number of oxazole rings is 1. The quantitative estimate of drug-likeness (QED) is 0.900. The first-order valence-corrected chi connectivity index (χ1v) is 5.81. The molecule has 15 heavy (non-hydrogen) atoms. The van der Waals surface area contributed by atoms with Gasteiger partial charge in [-0.15, -0.1) is 11.3 Å². The van der Waals surface area contributed by atoms with Crippen LogP contribution in [0.3, 0.4) is 0 Å². The van der Waals surface area contributed by atoms with Gasteiger partial charge >= 0.3 is 0 Å². The fourth-order valence-corrected chi connectivity index (χ4v) is 2.15. The summed E-state index contributed by atoms with van der Waals surface area (Å²) in [7, 11) is 0. The molecule has 80 valence electrons. The first kappa shape index (κ1) is 10.7. The minimum absolute atomic E-state index is 0.196. The van der Waals surface area contributed by atoms with E-state index < -0.39 is 0 Å². The SMILES string of the molecule is CC(CN)c1cnc(-c2ccc(Cl)s2)o1. The molecule has 2 N–H and O–H groups in total. The van der Waals surface area contributed by atoms with Gasteiger partial charge < -0.3 is 10.2 Å². The average Bonchev–Trinajstić information content (AvgIpc) is 2.84. The van der Waals surface area contributed by atoms with Crippen LogP contribution in [0.5, 0.6) is 0 Å². The Labute approximate surface area is 96.9 Å². The molecular weight excluding hydrogens is 232 g/mol. The summed E-state index contributed by atoms with van der Waals surface area (Å²) in [5.74, 6) is 1.63. The smallest absolute Gasteiger partial charge is 0.236 e. The van der Waals surface area contributed by atoms with Gasteiger partial charge in [-0.3, -0.25) is 0 Å². The Bertz CT molecular complexity index is 452. The molecule has 0 fully saturated rings. The second-order valence-corrected chi connectivity index (χ2v) is 5.02. The second kappa shape index (κ2) is 4.35.